The zero-order chi connectivity index (χ0) is 16.9. The van der Waals surface area contributed by atoms with E-state index in [2.05, 4.69) is 4.90 Å². The Kier molecular flexibility index (Phi) is 6.00. The molecule has 0 unspecified atom stereocenters. The molecule has 1 amide bonds. The number of piperazine rings is 1. The van der Waals surface area contributed by atoms with Crippen molar-refractivity contribution in [3.8, 4) is 5.75 Å². The highest BCUT2D eigenvalue weighted by molar-refractivity contribution is 7.17. The van der Waals surface area contributed by atoms with Gasteiger partial charge in [0.15, 0.2) is 0 Å². The topological polar surface area (TPSA) is 32.8 Å². The van der Waals surface area contributed by atoms with Crippen molar-refractivity contribution in [3.05, 3.63) is 50.6 Å². The number of thiophene rings is 1. The molecule has 1 aromatic heterocycles. The van der Waals surface area contributed by atoms with Crippen LogP contribution in [0.15, 0.2) is 36.4 Å². The number of para-hydroxylation sites is 1. The van der Waals surface area contributed by atoms with Gasteiger partial charge in [-0.2, -0.15) is 0 Å². The van der Waals surface area contributed by atoms with Gasteiger partial charge in [-0.15, -0.1) is 11.3 Å². The maximum atomic E-state index is 12.4. The molecule has 0 N–H and O–H groups in total. The molecule has 1 saturated heterocycles. The fourth-order valence-electron chi connectivity index (χ4n) is 2.61. The third-order valence-corrected chi connectivity index (χ3v) is 5.48. The molecule has 0 atom stereocenters. The Balaban J connectivity index is 1.42. The summed E-state index contributed by atoms with van der Waals surface area (Å²) in [7, 11) is 0. The molecule has 0 bridgehead atoms. The van der Waals surface area contributed by atoms with E-state index >= 15 is 0 Å². The zero-order valence-corrected chi connectivity index (χ0v) is 15.4. The van der Waals surface area contributed by atoms with Crippen molar-refractivity contribution in [2.45, 2.75) is 0 Å². The van der Waals surface area contributed by atoms with Crippen molar-refractivity contribution in [2.24, 2.45) is 0 Å². The second-order valence-corrected chi connectivity index (χ2v) is 7.64. The van der Waals surface area contributed by atoms with E-state index in [-0.39, 0.29) is 5.91 Å². The first kappa shape index (κ1) is 17.5. The molecule has 0 radical (unpaired) electrons. The summed E-state index contributed by atoms with van der Waals surface area (Å²) in [6.07, 6.45) is 0. The maximum Gasteiger partial charge on any atom is 0.264 e. The average molecular weight is 385 g/mol. The van der Waals surface area contributed by atoms with Crippen LogP contribution >= 0.6 is 34.5 Å². The maximum absolute atomic E-state index is 12.4. The van der Waals surface area contributed by atoms with Crippen LogP contribution in [0.5, 0.6) is 5.75 Å². The molecule has 0 spiro atoms. The smallest absolute Gasteiger partial charge is 0.264 e. The second kappa shape index (κ2) is 8.21. The largest absolute Gasteiger partial charge is 0.491 e. The van der Waals surface area contributed by atoms with E-state index in [4.69, 9.17) is 27.9 Å². The highest BCUT2D eigenvalue weighted by atomic mass is 35.5. The first-order chi connectivity index (χ1) is 11.6. The third-order valence-electron chi connectivity index (χ3n) is 3.95. The van der Waals surface area contributed by atoms with E-state index in [0.717, 1.165) is 32.7 Å². The minimum absolute atomic E-state index is 0.0684. The Labute approximate surface area is 155 Å². The minimum Gasteiger partial charge on any atom is -0.491 e. The van der Waals surface area contributed by atoms with Gasteiger partial charge in [-0.3, -0.25) is 9.69 Å². The van der Waals surface area contributed by atoms with Gasteiger partial charge >= 0.3 is 0 Å². The van der Waals surface area contributed by atoms with E-state index in [1.807, 2.05) is 29.2 Å². The monoisotopic (exact) mass is 384 g/mol. The van der Waals surface area contributed by atoms with Crippen molar-refractivity contribution >= 4 is 40.4 Å². The van der Waals surface area contributed by atoms with Crippen LogP contribution in [0.1, 0.15) is 9.67 Å². The lowest BCUT2D eigenvalue weighted by Gasteiger charge is -2.34. The number of hydrogen-bond donors (Lipinski definition) is 0. The van der Waals surface area contributed by atoms with Gasteiger partial charge in [0.25, 0.3) is 5.91 Å². The highest BCUT2D eigenvalue weighted by Gasteiger charge is 2.23. The number of benzene rings is 1. The fraction of sp³-hybridized carbons (Fsp3) is 0.353. The summed E-state index contributed by atoms with van der Waals surface area (Å²) in [5, 5.41) is 0.627. The van der Waals surface area contributed by atoms with Gasteiger partial charge in [0.2, 0.25) is 0 Å². The Morgan fingerprint density at radius 3 is 2.50 bits per heavy atom. The number of carbonyl (C=O) groups excluding carboxylic acids is 1. The Bertz CT molecular complexity index is 699. The van der Waals surface area contributed by atoms with Crippen molar-refractivity contribution in [1.82, 2.24) is 9.80 Å². The lowest BCUT2D eigenvalue weighted by atomic mass is 10.3. The van der Waals surface area contributed by atoms with Crippen LogP contribution in [0.25, 0.3) is 0 Å². The molecule has 1 aliphatic rings. The molecule has 128 valence electrons. The zero-order valence-electron chi connectivity index (χ0n) is 13.1. The standard InChI is InChI=1S/C17H18Cl2N2O2S/c18-13-3-1-2-4-14(13)23-12-11-20-7-9-21(10-8-20)17(22)15-5-6-16(19)24-15/h1-6H,7-12H2. The molecule has 2 aromatic rings. The molecule has 24 heavy (non-hydrogen) atoms. The first-order valence-electron chi connectivity index (χ1n) is 7.78. The third kappa shape index (κ3) is 4.42. The minimum atomic E-state index is 0.0684. The SMILES string of the molecule is O=C(c1ccc(Cl)s1)N1CCN(CCOc2ccccc2Cl)CC1. The van der Waals surface area contributed by atoms with Crippen LogP contribution in [-0.4, -0.2) is 55.0 Å². The molecular weight excluding hydrogens is 367 g/mol. The van der Waals surface area contributed by atoms with Crippen molar-refractivity contribution in [2.75, 3.05) is 39.3 Å². The molecule has 1 aliphatic heterocycles. The summed E-state index contributed by atoms with van der Waals surface area (Å²) >= 11 is 13.3. The van der Waals surface area contributed by atoms with Gasteiger partial charge in [0, 0.05) is 32.7 Å². The Morgan fingerprint density at radius 1 is 1.08 bits per heavy atom. The summed E-state index contributed by atoms with van der Waals surface area (Å²) in [5.74, 6) is 0.779. The summed E-state index contributed by atoms with van der Waals surface area (Å²) < 4.78 is 6.37. The Hall–Kier alpha value is -1.27. The summed E-state index contributed by atoms with van der Waals surface area (Å²) in [6, 6.07) is 11.0. The fourth-order valence-corrected chi connectivity index (χ4v) is 3.81. The van der Waals surface area contributed by atoms with Crippen molar-refractivity contribution < 1.29 is 9.53 Å². The molecule has 1 fully saturated rings. The number of ether oxygens (including phenoxy) is 1. The summed E-state index contributed by atoms with van der Waals surface area (Å²) in [6.45, 7) is 4.53. The van der Waals surface area contributed by atoms with E-state index in [1.165, 1.54) is 11.3 Å². The quantitative estimate of drug-likeness (QED) is 0.783. The number of rotatable bonds is 5. The molecular formula is C17H18Cl2N2O2S. The van der Waals surface area contributed by atoms with Gasteiger partial charge < -0.3 is 9.64 Å². The van der Waals surface area contributed by atoms with Crippen molar-refractivity contribution in [1.29, 1.82) is 0 Å². The van der Waals surface area contributed by atoms with Gasteiger partial charge in [0.05, 0.1) is 14.2 Å². The van der Waals surface area contributed by atoms with E-state index in [9.17, 15) is 4.79 Å². The van der Waals surface area contributed by atoms with E-state index in [0.29, 0.717) is 26.6 Å². The predicted molar refractivity (Wildman–Crippen MR) is 98.6 cm³/mol. The predicted octanol–water partition coefficient (Wildman–Crippen LogP) is 3.89. The molecule has 4 nitrogen and oxygen atoms in total. The highest BCUT2D eigenvalue weighted by Crippen LogP contribution is 2.24. The van der Waals surface area contributed by atoms with Gasteiger partial charge in [-0.1, -0.05) is 35.3 Å². The lowest BCUT2D eigenvalue weighted by molar-refractivity contribution is 0.0625. The number of nitrogens with zero attached hydrogens (tertiary/aromatic N) is 2. The van der Waals surface area contributed by atoms with E-state index < -0.39 is 0 Å². The van der Waals surface area contributed by atoms with Crippen LogP contribution in [0, 0.1) is 0 Å². The molecule has 3 rings (SSSR count). The van der Waals surface area contributed by atoms with Gasteiger partial charge in [-0.05, 0) is 24.3 Å². The normalized spacial score (nSPS) is 15.5. The molecule has 7 heteroatoms. The first-order valence-corrected chi connectivity index (χ1v) is 9.35. The summed E-state index contributed by atoms with van der Waals surface area (Å²) in [5.41, 5.74) is 0. The Morgan fingerprint density at radius 2 is 1.83 bits per heavy atom. The molecule has 0 saturated carbocycles. The summed E-state index contributed by atoms with van der Waals surface area (Å²) in [4.78, 5) is 17.3. The van der Waals surface area contributed by atoms with Crippen LogP contribution < -0.4 is 4.74 Å². The molecule has 1 aromatic carbocycles. The van der Waals surface area contributed by atoms with Crippen molar-refractivity contribution in [3.63, 3.8) is 0 Å². The number of amides is 1. The van der Waals surface area contributed by atoms with Crippen LogP contribution in [-0.2, 0) is 0 Å². The number of carbonyl (C=O) groups is 1. The van der Waals surface area contributed by atoms with Crippen LogP contribution in [0.3, 0.4) is 0 Å². The van der Waals surface area contributed by atoms with Gasteiger partial charge in [0.1, 0.15) is 12.4 Å². The average Bonchev–Trinajstić information content (AvgIpc) is 3.03. The number of halogens is 2. The second-order valence-electron chi connectivity index (χ2n) is 5.52. The van der Waals surface area contributed by atoms with Crippen LogP contribution in [0.4, 0.5) is 0 Å². The molecule has 0 aliphatic carbocycles. The van der Waals surface area contributed by atoms with Crippen LogP contribution in [0.2, 0.25) is 9.36 Å². The number of hydrogen-bond acceptors (Lipinski definition) is 4. The lowest BCUT2D eigenvalue weighted by Crippen LogP contribution is -2.49. The molecule has 2 heterocycles. The van der Waals surface area contributed by atoms with E-state index in [1.54, 1.807) is 12.1 Å². The van der Waals surface area contributed by atoms with Gasteiger partial charge in [-0.25, -0.2) is 0 Å².